The van der Waals surface area contributed by atoms with Gasteiger partial charge in [-0.15, -0.1) is 0 Å². The number of imidazole rings is 1. The maximum atomic E-state index is 4.68. The quantitative estimate of drug-likeness (QED) is 0.684. The van der Waals surface area contributed by atoms with Crippen LogP contribution in [0.1, 0.15) is 13.8 Å². The Labute approximate surface area is 147 Å². The van der Waals surface area contributed by atoms with Crippen molar-refractivity contribution in [3.05, 3.63) is 79.4 Å². The number of para-hydroxylation sites is 2. The van der Waals surface area contributed by atoms with Gasteiger partial charge >= 0.3 is 0 Å². The van der Waals surface area contributed by atoms with Crippen molar-refractivity contribution in [2.45, 2.75) is 19.9 Å². The van der Waals surface area contributed by atoms with Gasteiger partial charge in [0.05, 0.1) is 23.4 Å². The molecule has 1 aromatic carbocycles. The van der Waals surface area contributed by atoms with Crippen molar-refractivity contribution < 1.29 is 0 Å². The summed E-state index contributed by atoms with van der Waals surface area (Å²) in [5.74, 6) is 1.45. The van der Waals surface area contributed by atoms with Gasteiger partial charge in [0.2, 0.25) is 0 Å². The molecule has 2 heterocycles. The normalized spacial score (nSPS) is 13.3. The topological polar surface area (TPSA) is 55.6 Å². The maximum Gasteiger partial charge on any atom is 0.159 e. The maximum absolute atomic E-state index is 4.68. The van der Waals surface area contributed by atoms with Crippen molar-refractivity contribution in [1.82, 2.24) is 19.5 Å². The number of rotatable bonds is 6. The fraction of sp³-hybridized carbons (Fsp3) is 0.150. The highest BCUT2D eigenvalue weighted by molar-refractivity contribution is 5.76. The molecule has 0 aliphatic carbocycles. The molecule has 0 aliphatic heterocycles. The van der Waals surface area contributed by atoms with Crippen LogP contribution >= 0.6 is 0 Å². The molecule has 3 rings (SSSR count). The summed E-state index contributed by atoms with van der Waals surface area (Å²) in [4.78, 5) is 13.4. The van der Waals surface area contributed by atoms with Crippen molar-refractivity contribution in [3.63, 3.8) is 0 Å². The zero-order valence-electron chi connectivity index (χ0n) is 14.4. The van der Waals surface area contributed by atoms with Crippen LogP contribution in [-0.2, 0) is 0 Å². The monoisotopic (exact) mass is 331 g/mol. The third-order valence-corrected chi connectivity index (χ3v) is 3.94. The van der Waals surface area contributed by atoms with E-state index in [1.807, 2.05) is 47.9 Å². The van der Waals surface area contributed by atoms with Crippen molar-refractivity contribution in [1.29, 1.82) is 0 Å². The molecule has 1 unspecified atom stereocenters. The predicted molar refractivity (Wildman–Crippen MR) is 103 cm³/mol. The third-order valence-electron chi connectivity index (χ3n) is 3.94. The van der Waals surface area contributed by atoms with Gasteiger partial charge in [-0.25, -0.2) is 9.97 Å². The summed E-state index contributed by atoms with van der Waals surface area (Å²) in [7, 11) is 0. The SMILES string of the molecule is C=C/C=C\C(=C/C)C(C)Nc1cncc(-n2cnc3ccccc32)n1. The highest BCUT2D eigenvalue weighted by atomic mass is 15.2. The van der Waals surface area contributed by atoms with Gasteiger partial charge in [-0.2, -0.15) is 0 Å². The van der Waals surface area contributed by atoms with Crippen LogP contribution in [0.25, 0.3) is 16.9 Å². The van der Waals surface area contributed by atoms with Crippen LogP contribution in [0.5, 0.6) is 0 Å². The average molecular weight is 331 g/mol. The first-order chi connectivity index (χ1) is 12.2. The van der Waals surface area contributed by atoms with Crippen molar-refractivity contribution >= 4 is 16.9 Å². The molecular weight excluding hydrogens is 310 g/mol. The number of nitrogens with zero attached hydrogens (tertiary/aromatic N) is 4. The van der Waals surface area contributed by atoms with E-state index in [1.165, 1.54) is 0 Å². The van der Waals surface area contributed by atoms with Gasteiger partial charge in [-0.1, -0.05) is 43.0 Å². The molecule has 5 nitrogen and oxygen atoms in total. The van der Waals surface area contributed by atoms with Crippen LogP contribution in [-0.4, -0.2) is 25.6 Å². The fourth-order valence-electron chi connectivity index (χ4n) is 2.66. The lowest BCUT2D eigenvalue weighted by molar-refractivity contribution is 0.917. The van der Waals surface area contributed by atoms with E-state index >= 15 is 0 Å². The molecule has 1 N–H and O–H groups in total. The molecule has 0 amide bonds. The fourth-order valence-corrected chi connectivity index (χ4v) is 2.66. The van der Waals surface area contributed by atoms with E-state index in [9.17, 15) is 0 Å². The zero-order chi connectivity index (χ0) is 17.6. The van der Waals surface area contributed by atoms with Gasteiger partial charge in [-0.05, 0) is 31.6 Å². The Morgan fingerprint density at radius 1 is 1.28 bits per heavy atom. The van der Waals surface area contributed by atoms with Gasteiger partial charge in [0.1, 0.15) is 12.1 Å². The average Bonchev–Trinajstić information content (AvgIpc) is 3.07. The van der Waals surface area contributed by atoms with Gasteiger partial charge in [-0.3, -0.25) is 9.55 Å². The Hall–Kier alpha value is -3.21. The second kappa shape index (κ2) is 7.57. The Bertz CT molecular complexity index is 936. The molecule has 2 aromatic heterocycles. The van der Waals surface area contributed by atoms with Crippen LogP contribution < -0.4 is 5.32 Å². The van der Waals surface area contributed by atoms with Gasteiger partial charge < -0.3 is 5.32 Å². The minimum atomic E-state index is 0.102. The second-order valence-corrected chi connectivity index (χ2v) is 5.62. The van der Waals surface area contributed by atoms with E-state index in [1.54, 1.807) is 24.8 Å². The van der Waals surface area contributed by atoms with Crippen molar-refractivity contribution in [2.24, 2.45) is 0 Å². The number of fused-ring (bicyclic) bond motifs is 1. The Morgan fingerprint density at radius 3 is 2.92 bits per heavy atom. The van der Waals surface area contributed by atoms with Crippen molar-refractivity contribution in [2.75, 3.05) is 5.32 Å². The number of allylic oxidation sites excluding steroid dienone is 3. The Balaban J connectivity index is 1.87. The lowest BCUT2D eigenvalue weighted by Crippen LogP contribution is -2.18. The first kappa shape index (κ1) is 16.6. The van der Waals surface area contributed by atoms with Gasteiger partial charge in [0, 0.05) is 6.04 Å². The minimum Gasteiger partial charge on any atom is -0.362 e. The number of benzene rings is 1. The van der Waals surface area contributed by atoms with E-state index in [4.69, 9.17) is 0 Å². The molecule has 1 atom stereocenters. The van der Waals surface area contributed by atoms with Gasteiger partial charge in [0.15, 0.2) is 5.82 Å². The van der Waals surface area contributed by atoms with E-state index in [-0.39, 0.29) is 6.04 Å². The standard InChI is InChI=1S/C20H21N5/c1-4-6-9-16(5-2)15(3)23-19-12-21-13-20(24-19)25-14-22-17-10-7-8-11-18(17)25/h4-15H,1H2,2-3H3,(H,23,24)/b9-6-,16-5+. The Kier molecular flexibility index (Phi) is 5.04. The number of nitrogens with one attached hydrogen (secondary N) is 1. The highest BCUT2D eigenvalue weighted by Crippen LogP contribution is 2.18. The van der Waals surface area contributed by atoms with E-state index in [2.05, 4.69) is 39.8 Å². The van der Waals surface area contributed by atoms with Crippen LogP contribution in [0, 0.1) is 0 Å². The zero-order valence-corrected chi connectivity index (χ0v) is 14.4. The molecule has 126 valence electrons. The van der Waals surface area contributed by atoms with Crippen LogP contribution in [0.2, 0.25) is 0 Å². The molecule has 0 fully saturated rings. The smallest absolute Gasteiger partial charge is 0.159 e. The number of hydrogen-bond donors (Lipinski definition) is 1. The molecule has 0 aliphatic rings. The molecule has 0 bridgehead atoms. The van der Waals surface area contributed by atoms with E-state index in [0.717, 1.165) is 22.4 Å². The molecule has 3 aromatic rings. The predicted octanol–water partition coefficient (Wildman–Crippen LogP) is 4.30. The van der Waals surface area contributed by atoms with Crippen molar-refractivity contribution in [3.8, 4) is 5.82 Å². The highest BCUT2D eigenvalue weighted by Gasteiger charge is 2.09. The first-order valence-corrected chi connectivity index (χ1v) is 8.19. The summed E-state index contributed by atoms with van der Waals surface area (Å²) >= 11 is 0. The summed E-state index contributed by atoms with van der Waals surface area (Å²) in [5.41, 5.74) is 3.09. The third kappa shape index (κ3) is 3.66. The first-order valence-electron chi connectivity index (χ1n) is 8.19. The summed E-state index contributed by atoms with van der Waals surface area (Å²) in [5, 5.41) is 3.39. The summed E-state index contributed by atoms with van der Waals surface area (Å²) in [6.07, 6.45) is 13.0. The molecule has 25 heavy (non-hydrogen) atoms. The second-order valence-electron chi connectivity index (χ2n) is 5.62. The van der Waals surface area contributed by atoms with Crippen LogP contribution in [0.4, 0.5) is 5.82 Å². The summed E-state index contributed by atoms with van der Waals surface area (Å²) < 4.78 is 1.94. The molecular formula is C20H21N5. The summed E-state index contributed by atoms with van der Waals surface area (Å²) in [6, 6.07) is 8.06. The molecule has 0 spiro atoms. The molecule has 0 radical (unpaired) electrons. The van der Waals surface area contributed by atoms with Gasteiger partial charge in [0.25, 0.3) is 0 Å². The van der Waals surface area contributed by atoms with E-state index < -0.39 is 0 Å². The molecule has 0 saturated heterocycles. The summed E-state index contributed by atoms with van der Waals surface area (Å²) in [6.45, 7) is 7.81. The molecule has 0 saturated carbocycles. The lowest BCUT2D eigenvalue weighted by atomic mass is 10.1. The number of anilines is 1. The lowest BCUT2D eigenvalue weighted by Gasteiger charge is -2.16. The largest absolute Gasteiger partial charge is 0.362 e. The number of hydrogen-bond acceptors (Lipinski definition) is 4. The van der Waals surface area contributed by atoms with E-state index in [0.29, 0.717) is 5.82 Å². The minimum absolute atomic E-state index is 0.102. The molecule has 5 heteroatoms. The number of aromatic nitrogens is 4. The van der Waals surface area contributed by atoms with Crippen LogP contribution in [0.3, 0.4) is 0 Å². The Morgan fingerprint density at radius 2 is 2.12 bits per heavy atom. The van der Waals surface area contributed by atoms with Crippen LogP contribution in [0.15, 0.2) is 79.4 Å².